The van der Waals surface area contributed by atoms with Crippen LogP contribution in [0.5, 0.6) is 0 Å². The van der Waals surface area contributed by atoms with Crippen molar-refractivity contribution < 1.29 is 4.79 Å². The Labute approximate surface area is 126 Å². The second kappa shape index (κ2) is 6.84. The number of carbonyl (C=O) groups excluding carboxylic acids is 1. The van der Waals surface area contributed by atoms with Gasteiger partial charge in [-0.3, -0.25) is 14.6 Å². The van der Waals surface area contributed by atoms with Gasteiger partial charge in [0.05, 0.1) is 0 Å². The van der Waals surface area contributed by atoms with Crippen molar-refractivity contribution in [3.63, 3.8) is 0 Å². The Morgan fingerprint density at radius 2 is 2.09 bits per heavy atom. The highest BCUT2D eigenvalue weighted by molar-refractivity contribution is 5.90. The fraction of sp³-hybridized carbons (Fsp3) is 0.333. The summed E-state index contributed by atoms with van der Waals surface area (Å²) in [6, 6.07) is 7.63. The molecule has 7 heteroatoms. The molecule has 0 bridgehead atoms. The van der Waals surface area contributed by atoms with E-state index in [1.807, 2.05) is 24.3 Å². The van der Waals surface area contributed by atoms with Gasteiger partial charge in [-0.15, -0.1) is 0 Å². The number of rotatable bonds is 5. The Hall–Kier alpha value is -2.70. The molecule has 0 saturated carbocycles. The summed E-state index contributed by atoms with van der Waals surface area (Å²) in [7, 11) is 0. The van der Waals surface area contributed by atoms with E-state index in [0.717, 1.165) is 11.3 Å². The van der Waals surface area contributed by atoms with Crippen molar-refractivity contribution in [2.75, 3.05) is 5.32 Å². The van der Waals surface area contributed by atoms with Crippen molar-refractivity contribution in [1.82, 2.24) is 15.2 Å². The summed E-state index contributed by atoms with van der Waals surface area (Å²) in [4.78, 5) is 36.3. The van der Waals surface area contributed by atoms with Gasteiger partial charge < -0.3 is 5.32 Å². The Morgan fingerprint density at radius 1 is 1.32 bits per heavy atom. The lowest BCUT2D eigenvalue weighted by atomic mass is 10.0. The Bertz CT molecular complexity index is 777. The van der Waals surface area contributed by atoms with Crippen LogP contribution in [0.25, 0.3) is 0 Å². The normalized spacial score (nSPS) is 10.7. The number of aromatic nitrogens is 3. The molecule has 0 spiro atoms. The zero-order chi connectivity index (χ0) is 16.1. The molecule has 0 fully saturated rings. The van der Waals surface area contributed by atoms with Gasteiger partial charge in [-0.1, -0.05) is 26.0 Å². The number of H-pyrrole nitrogens is 2. The van der Waals surface area contributed by atoms with E-state index in [4.69, 9.17) is 0 Å². The zero-order valence-corrected chi connectivity index (χ0v) is 12.5. The molecule has 0 unspecified atom stereocenters. The number of aromatic amines is 2. The van der Waals surface area contributed by atoms with Crippen LogP contribution in [-0.2, 0) is 11.2 Å². The van der Waals surface area contributed by atoms with Gasteiger partial charge in [0.25, 0.3) is 5.56 Å². The van der Waals surface area contributed by atoms with E-state index < -0.39 is 11.2 Å². The third-order valence-electron chi connectivity index (χ3n) is 3.21. The summed E-state index contributed by atoms with van der Waals surface area (Å²) in [5.74, 6) is 0.161. The monoisotopic (exact) mass is 302 g/mol. The second-order valence-electron chi connectivity index (χ2n) is 5.28. The van der Waals surface area contributed by atoms with Gasteiger partial charge in [-0.05, 0) is 23.6 Å². The first-order chi connectivity index (χ1) is 10.5. The SMILES string of the molecule is CC(C)c1cccc(NC(=O)CCc2n[nH]c(=O)[nH]c2=O)c1. The van der Waals surface area contributed by atoms with Crippen LogP contribution in [0.15, 0.2) is 33.9 Å². The number of nitrogens with zero attached hydrogens (tertiary/aromatic N) is 1. The van der Waals surface area contributed by atoms with Crippen molar-refractivity contribution in [1.29, 1.82) is 0 Å². The van der Waals surface area contributed by atoms with Crippen molar-refractivity contribution in [2.24, 2.45) is 0 Å². The maximum atomic E-state index is 11.9. The molecule has 0 aliphatic heterocycles. The van der Waals surface area contributed by atoms with E-state index in [1.165, 1.54) is 0 Å². The average Bonchev–Trinajstić information content (AvgIpc) is 2.46. The number of hydrogen-bond donors (Lipinski definition) is 3. The highest BCUT2D eigenvalue weighted by Gasteiger charge is 2.08. The van der Waals surface area contributed by atoms with Crippen molar-refractivity contribution >= 4 is 11.6 Å². The number of carbonyl (C=O) groups is 1. The maximum absolute atomic E-state index is 11.9. The van der Waals surface area contributed by atoms with Gasteiger partial charge in [0.2, 0.25) is 5.91 Å². The van der Waals surface area contributed by atoms with Gasteiger partial charge in [0.15, 0.2) is 0 Å². The third kappa shape index (κ3) is 4.15. The summed E-state index contributed by atoms with van der Waals surface area (Å²) in [6.45, 7) is 4.16. The first-order valence-corrected chi connectivity index (χ1v) is 7.03. The van der Waals surface area contributed by atoms with Crippen LogP contribution in [0, 0.1) is 0 Å². The van der Waals surface area contributed by atoms with E-state index in [9.17, 15) is 14.4 Å². The van der Waals surface area contributed by atoms with Crippen molar-refractivity contribution in [3.8, 4) is 0 Å². The fourth-order valence-corrected chi connectivity index (χ4v) is 1.97. The topological polar surface area (TPSA) is 108 Å². The molecule has 0 aliphatic carbocycles. The van der Waals surface area contributed by atoms with Gasteiger partial charge in [-0.2, -0.15) is 5.10 Å². The Morgan fingerprint density at radius 3 is 2.77 bits per heavy atom. The predicted octanol–water partition coefficient (Wildman–Crippen LogP) is 1.15. The molecule has 1 amide bonds. The van der Waals surface area contributed by atoms with E-state index in [1.54, 1.807) is 0 Å². The molecule has 22 heavy (non-hydrogen) atoms. The second-order valence-corrected chi connectivity index (χ2v) is 5.28. The molecule has 1 aromatic heterocycles. The zero-order valence-electron chi connectivity index (χ0n) is 12.5. The van der Waals surface area contributed by atoms with Crippen LogP contribution in [0.2, 0.25) is 0 Å². The number of benzene rings is 1. The number of anilines is 1. The quantitative estimate of drug-likeness (QED) is 0.770. The number of nitrogens with one attached hydrogen (secondary N) is 3. The predicted molar refractivity (Wildman–Crippen MR) is 83.0 cm³/mol. The van der Waals surface area contributed by atoms with Crippen LogP contribution >= 0.6 is 0 Å². The lowest BCUT2D eigenvalue weighted by molar-refractivity contribution is -0.116. The first kappa shape index (κ1) is 15.7. The lowest BCUT2D eigenvalue weighted by Crippen LogP contribution is -2.28. The molecule has 0 radical (unpaired) electrons. The fourth-order valence-electron chi connectivity index (χ4n) is 1.97. The van der Waals surface area contributed by atoms with Gasteiger partial charge >= 0.3 is 5.69 Å². The highest BCUT2D eigenvalue weighted by atomic mass is 16.2. The first-order valence-electron chi connectivity index (χ1n) is 7.03. The van der Waals surface area contributed by atoms with Gasteiger partial charge in [0.1, 0.15) is 5.69 Å². The minimum atomic E-state index is -0.663. The van der Waals surface area contributed by atoms with E-state index >= 15 is 0 Å². The van der Waals surface area contributed by atoms with Crippen molar-refractivity contribution in [3.05, 3.63) is 56.4 Å². The molecule has 116 valence electrons. The number of amides is 1. The van der Waals surface area contributed by atoms with Crippen LogP contribution in [0.1, 0.15) is 37.4 Å². The molecule has 0 saturated heterocycles. The minimum Gasteiger partial charge on any atom is -0.326 e. The third-order valence-corrected chi connectivity index (χ3v) is 3.21. The summed E-state index contributed by atoms with van der Waals surface area (Å²) in [6.07, 6.45) is 0.260. The smallest absolute Gasteiger partial charge is 0.326 e. The maximum Gasteiger partial charge on any atom is 0.342 e. The Balaban J connectivity index is 1.97. The Kier molecular flexibility index (Phi) is 4.88. The molecule has 0 aliphatic rings. The molecule has 3 N–H and O–H groups in total. The molecule has 2 rings (SSSR count). The van der Waals surface area contributed by atoms with E-state index in [0.29, 0.717) is 5.92 Å². The molecule has 1 aromatic carbocycles. The largest absolute Gasteiger partial charge is 0.342 e. The highest BCUT2D eigenvalue weighted by Crippen LogP contribution is 2.18. The lowest BCUT2D eigenvalue weighted by Gasteiger charge is -2.09. The van der Waals surface area contributed by atoms with Crippen LogP contribution < -0.4 is 16.6 Å². The van der Waals surface area contributed by atoms with Gasteiger partial charge in [0, 0.05) is 18.5 Å². The van der Waals surface area contributed by atoms with Crippen molar-refractivity contribution in [2.45, 2.75) is 32.6 Å². The number of aryl methyl sites for hydroxylation is 1. The van der Waals surface area contributed by atoms with Crippen LogP contribution in [-0.4, -0.2) is 21.1 Å². The average molecular weight is 302 g/mol. The minimum absolute atomic E-state index is 0.105. The van der Waals surface area contributed by atoms with Crippen LogP contribution in [0.4, 0.5) is 5.69 Å². The molecule has 2 aromatic rings. The molecular weight excluding hydrogens is 284 g/mol. The molecule has 7 nitrogen and oxygen atoms in total. The number of hydrogen-bond acceptors (Lipinski definition) is 4. The molecule has 0 atom stereocenters. The molecular formula is C15H18N4O3. The summed E-state index contributed by atoms with van der Waals surface area (Å²) >= 11 is 0. The van der Waals surface area contributed by atoms with Gasteiger partial charge in [-0.25, -0.2) is 9.89 Å². The van der Waals surface area contributed by atoms with E-state index in [-0.39, 0.29) is 24.4 Å². The molecule has 1 heterocycles. The summed E-state index contributed by atoms with van der Waals surface area (Å²) in [5, 5.41) is 8.56. The summed E-state index contributed by atoms with van der Waals surface area (Å²) < 4.78 is 0. The van der Waals surface area contributed by atoms with Crippen LogP contribution in [0.3, 0.4) is 0 Å². The standard InChI is InChI=1S/C15H18N4O3/c1-9(2)10-4-3-5-11(8-10)16-13(20)7-6-12-14(21)17-15(22)19-18-12/h3-5,8-9H,6-7H2,1-2H3,(H,16,20)(H2,17,19,21,22). The summed E-state index contributed by atoms with van der Waals surface area (Å²) in [5.41, 5.74) is 0.754. The van der Waals surface area contributed by atoms with E-state index in [2.05, 4.69) is 34.3 Å².